The fraction of sp³-hybridized carbons (Fsp3) is 0.538. The highest BCUT2D eigenvalue weighted by molar-refractivity contribution is 7.98. The van der Waals surface area contributed by atoms with Gasteiger partial charge < -0.3 is 9.47 Å². The molecule has 0 spiro atoms. The first-order chi connectivity index (χ1) is 11.0. The molecule has 1 aromatic rings. The number of nitro benzene ring substituents is 1. The first-order valence-electron chi connectivity index (χ1n) is 6.95. The third kappa shape index (κ3) is 4.34. The topological polar surface area (TPSA) is 99.0 Å². The number of nitro groups is 1. The number of sulfonamides is 1. The number of benzene rings is 1. The first-order valence-corrected chi connectivity index (χ1v) is 9.78. The minimum atomic E-state index is -3.77. The second-order valence-electron chi connectivity index (χ2n) is 4.74. The van der Waals surface area contributed by atoms with Gasteiger partial charge in [0.25, 0.3) is 0 Å². The molecule has 8 nitrogen and oxygen atoms in total. The van der Waals surface area contributed by atoms with E-state index in [1.807, 2.05) is 6.26 Å². The average molecular weight is 362 g/mol. The maximum atomic E-state index is 12.5. The Balaban J connectivity index is 2.29. The summed E-state index contributed by atoms with van der Waals surface area (Å²) in [6, 6.07) is 3.73. The van der Waals surface area contributed by atoms with Gasteiger partial charge in [0.05, 0.1) is 29.6 Å². The molecular weight excluding hydrogens is 344 g/mol. The van der Waals surface area contributed by atoms with Gasteiger partial charge in [-0.15, -0.1) is 0 Å². The van der Waals surface area contributed by atoms with E-state index < -0.39 is 14.9 Å². The number of rotatable bonds is 7. The highest BCUT2D eigenvalue weighted by atomic mass is 32.2. The van der Waals surface area contributed by atoms with Crippen LogP contribution in [0.3, 0.4) is 0 Å². The molecule has 1 aliphatic heterocycles. The number of thioether (sulfide) groups is 1. The molecule has 1 aromatic carbocycles. The molecule has 128 valence electrons. The molecule has 1 saturated heterocycles. The summed E-state index contributed by atoms with van der Waals surface area (Å²) in [5, 5.41) is 11.2. The summed E-state index contributed by atoms with van der Waals surface area (Å²) in [7, 11) is -3.77. The summed E-state index contributed by atoms with van der Waals surface area (Å²) in [6.45, 7) is 1.43. The van der Waals surface area contributed by atoms with E-state index in [9.17, 15) is 18.5 Å². The van der Waals surface area contributed by atoms with Crippen LogP contribution in [0.4, 0.5) is 5.69 Å². The molecule has 0 bridgehead atoms. The predicted octanol–water partition coefficient (Wildman–Crippen LogP) is 1.36. The van der Waals surface area contributed by atoms with Crippen LogP contribution in [0.2, 0.25) is 0 Å². The van der Waals surface area contributed by atoms with Crippen molar-refractivity contribution >= 4 is 27.5 Å². The lowest BCUT2D eigenvalue weighted by Gasteiger charge is -2.26. The van der Waals surface area contributed by atoms with Gasteiger partial charge in [0.2, 0.25) is 10.0 Å². The summed E-state index contributed by atoms with van der Waals surface area (Å²) in [4.78, 5) is 10.5. The van der Waals surface area contributed by atoms with Gasteiger partial charge in [-0.05, 0) is 18.4 Å². The molecular formula is C13H18N2O6S2. The number of hydrogen-bond donors (Lipinski definition) is 0. The molecule has 0 aromatic heterocycles. The van der Waals surface area contributed by atoms with E-state index in [2.05, 4.69) is 0 Å². The van der Waals surface area contributed by atoms with Gasteiger partial charge in [0, 0.05) is 24.9 Å². The predicted molar refractivity (Wildman–Crippen MR) is 86.6 cm³/mol. The Labute approximate surface area is 139 Å². The van der Waals surface area contributed by atoms with Crippen molar-refractivity contribution in [3.63, 3.8) is 0 Å². The van der Waals surface area contributed by atoms with Crippen LogP contribution in [-0.2, 0) is 14.8 Å². The number of morpholine rings is 1. The van der Waals surface area contributed by atoms with E-state index in [0.29, 0.717) is 25.6 Å². The summed E-state index contributed by atoms with van der Waals surface area (Å²) in [5.41, 5.74) is -0.347. The number of nitrogens with zero attached hydrogens (tertiary/aromatic N) is 2. The minimum Gasteiger partial charge on any atom is -0.486 e. The number of ether oxygens (including phenoxy) is 2. The van der Waals surface area contributed by atoms with Crippen LogP contribution in [0.25, 0.3) is 0 Å². The van der Waals surface area contributed by atoms with E-state index in [1.54, 1.807) is 11.8 Å². The molecule has 0 unspecified atom stereocenters. The standard InChI is InChI=1S/C13H18N2O6S2/c1-22-9-8-21-13-3-2-11(10-12(13)15(16)17)23(18,19)14-4-6-20-7-5-14/h2-3,10H,4-9H2,1H3. The van der Waals surface area contributed by atoms with E-state index >= 15 is 0 Å². The molecule has 23 heavy (non-hydrogen) atoms. The van der Waals surface area contributed by atoms with E-state index in [-0.39, 0.29) is 29.4 Å². The Morgan fingerprint density at radius 2 is 2.09 bits per heavy atom. The molecule has 10 heteroatoms. The lowest BCUT2D eigenvalue weighted by atomic mass is 10.3. The van der Waals surface area contributed by atoms with E-state index in [1.165, 1.54) is 16.4 Å². The quantitative estimate of drug-likeness (QED) is 0.410. The van der Waals surface area contributed by atoms with Gasteiger partial charge in [-0.2, -0.15) is 16.1 Å². The highest BCUT2D eigenvalue weighted by Gasteiger charge is 2.29. The Bertz CT molecular complexity index is 658. The lowest BCUT2D eigenvalue weighted by molar-refractivity contribution is -0.386. The Kier molecular flexibility index (Phi) is 6.22. The SMILES string of the molecule is CSCCOc1ccc(S(=O)(=O)N2CCOCC2)cc1[N+](=O)[O-]. The molecule has 2 rings (SSSR count). The van der Waals surface area contributed by atoms with Crippen LogP contribution >= 0.6 is 11.8 Å². The molecule has 0 radical (unpaired) electrons. The third-order valence-corrected chi connectivity index (χ3v) is 5.75. The van der Waals surface area contributed by atoms with Crippen LogP contribution in [0.1, 0.15) is 0 Å². The van der Waals surface area contributed by atoms with Gasteiger partial charge >= 0.3 is 5.69 Å². The van der Waals surface area contributed by atoms with Gasteiger partial charge in [-0.25, -0.2) is 8.42 Å². The third-order valence-electron chi connectivity index (χ3n) is 3.28. The molecule has 1 heterocycles. The van der Waals surface area contributed by atoms with E-state index in [0.717, 1.165) is 6.07 Å². The second kappa shape index (κ2) is 7.95. The van der Waals surface area contributed by atoms with Crippen LogP contribution in [0, 0.1) is 10.1 Å². The largest absolute Gasteiger partial charge is 0.486 e. The zero-order chi connectivity index (χ0) is 16.9. The normalized spacial score (nSPS) is 16.2. The zero-order valence-electron chi connectivity index (χ0n) is 12.6. The van der Waals surface area contributed by atoms with Crippen molar-refractivity contribution in [1.82, 2.24) is 4.31 Å². The Hall–Kier alpha value is -1.36. The summed E-state index contributed by atoms with van der Waals surface area (Å²) in [5.74, 6) is 0.760. The number of hydrogen-bond acceptors (Lipinski definition) is 7. The average Bonchev–Trinajstić information content (AvgIpc) is 2.56. The Morgan fingerprint density at radius 3 is 2.70 bits per heavy atom. The van der Waals surface area contributed by atoms with Crippen molar-refractivity contribution in [2.24, 2.45) is 0 Å². The van der Waals surface area contributed by atoms with Crippen LogP contribution in [-0.4, -0.2) is 62.6 Å². The molecule has 0 aliphatic carbocycles. The minimum absolute atomic E-state index is 0.0741. The van der Waals surface area contributed by atoms with Crippen LogP contribution < -0.4 is 4.74 Å². The monoisotopic (exact) mass is 362 g/mol. The van der Waals surface area contributed by atoms with Crippen molar-refractivity contribution in [3.8, 4) is 5.75 Å². The van der Waals surface area contributed by atoms with Gasteiger partial charge in [0.15, 0.2) is 5.75 Å². The van der Waals surface area contributed by atoms with Crippen molar-refractivity contribution in [2.45, 2.75) is 4.90 Å². The van der Waals surface area contributed by atoms with Crippen molar-refractivity contribution < 1.29 is 22.8 Å². The van der Waals surface area contributed by atoms with E-state index in [4.69, 9.17) is 9.47 Å². The highest BCUT2D eigenvalue weighted by Crippen LogP contribution is 2.31. The molecule has 1 aliphatic rings. The first kappa shape index (κ1) is 18.0. The molecule has 0 atom stereocenters. The van der Waals surface area contributed by atoms with Crippen LogP contribution in [0.15, 0.2) is 23.1 Å². The Morgan fingerprint density at radius 1 is 1.39 bits per heavy atom. The summed E-state index contributed by atoms with van der Waals surface area (Å²) >= 11 is 1.55. The summed E-state index contributed by atoms with van der Waals surface area (Å²) in [6.07, 6.45) is 1.90. The molecule has 0 amide bonds. The zero-order valence-corrected chi connectivity index (χ0v) is 14.3. The lowest BCUT2D eigenvalue weighted by Crippen LogP contribution is -2.40. The van der Waals surface area contributed by atoms with Crippen molar-refractivity contribution in [1.29, 1.82) is 0 Å². The van der Waals surface area contributed by atoms with Gasteiger partial charge in [-0.1, -0.05) is 0 Å². The molecule has 1 fully saturated rings. The van der Waals surface area contributed by atoms with Gasteiger partial charge in [-0.3, -0.25) is 10.1 Å². The smallest absolute Gasteiger partial charge is 0.312 e. The molecule has 0 N–H and O–H groups in total. The van der Waals surface area contributed by atoms with Crippen molar-refractivity contribution in [2.75, 3.05) is 44.9 Å². The maximum Gasteiger partial charge on any atom is 0.312 e. The van der Waals surface area contributed by atoms with Gasteiger partial charge in [0.1, 0.15) is 0 Å². The fourth-order valence-corrected chi connectivity index (χ4v) is 3.77. The van der Waals surface area contributed by atoms with Crippen molar-refractivity contribution in [3.05, 3.63) is 28.3 Å². The fourth-order valence-electron chi connectivity index (χ4n) is 2.09. The molecule has 0 saturated carbocycles. The maximum absolute atomic E-state index is 12.5. The summed E-state index contributed by atoms with van der Waals surface area (Å²) < 4.78 is 36.8. The van der Waals surface area contributed by atoms with Crippen LogP contribution in [0.5, 0.6) is 5.75 Å². The second-order valence-corrected chi connectivity index (χ2v) is 7.67.